The maximum atomic E-state index is 12.4. The van der Waals surface area contributed by atoms with E-state index in [-0.39, 0.29) is 12.5 Å². The molecule has 1 atom stereocenters. The molecule has 4 nitrogen and oxygen atoms in total. The molecule has 2 N–H and O–H groups in total. The average molecular weight is 392 g/mol. The zero-order chi connectivity index (χ0) is 16.3. The lowest BCUT2D eigenvalue weighted by Crippen LogP contribution is -2.41. The maximum Gasteiger partial charge on any atom is 0.252 e. The summed E-state index contributed by atoms with van der Waals surface area (Å²) in [6, 6.07) is 12.4. The van der Waals surface area contributed by atoms with Gasteiger partial charge in [-0.05, 0) is 57.0 Å². The van der Waals surface area contributed by atoms with Crippen molar-refractivity contribution in [3.05, 3.63) is 80.8 Å². The van der Waals surface area contributed by atoms with E-state index in [1.807, 2.05) is 22.9 Å². The van der Waals surface area contributed by atoms with Gasteiger partial charge >= 0.3 is 0 Å². The van der Waals surface area contributed by atoms with Crippen molar-refractivity contribution in [1.29, 1.82) is 0 Å². The average Bonchev–Trinajstić information content (AvgIpc) is 3.25. The van der Waals surface area contributed by atoms with Crippen LogP contribution in [0.25, 0.3) is 0 Å². The maximum absolute atomic E-state index is 12.4. The molecule has 2 aromatic heterocycles. The minimum Gasteiger partial charge on any atom is -0.466 e. The van der Waals surface area contributed by atoms with E-state index >= 15 is 0 Å². The quantitative estimate of drug-likeness (QED) is 0.695. The third kappa shape index (κ3) is 3.24. The number of benzene rings is 1. The Kier molecular flexibility index (Phi) is 4.66. The number of rotatable bonds is 5. The van der Waals surface area contributed by atoms with Gasteiger partial charge in [0.2, 0.25) is 0 Å². The summed E-state index contributed by atoms with van der Waals surface area (Å²) in [5.41, 5.74) is -0.204. The summed E-state index contributed by atoms with van der Waals surface area (Å²) in [5.74, 6) is 0.126. The van der Waals surface area contributed by atoms with E-state index in [1.54, 1.807) is 30.3 Å². The van der Waals surface area contributed by atoms with Crippen LogP contribution in [-0.2, 0) is 5.60 Å². The number of furan rings is 1. The van der Waals surface area contributed by atoms with Gasteiger partial charge in [-0.3, -0.25) is 4.79 Å². The van der Waals surface area contributed by atoms with Crippen LogP contribution in [0.5, 0.6) is 0 Å². The lowest BCUT2D eigenvalue weighted by atomic mass is 9.93. The molecule has 23 heavy (non-hydrogen) atoms. The van der Waals surface area contributed by atoms with Crippen molar-refractivity contribution < 1.29 is 14.3 Å². The molecule has 0 radical (unpaired) electrons. The molecule has 0 unspecified atom stereocenters. The third-order valence-corrected chi connectivity index (χ3v) is 4.93. The Morgan fingerprint density at radius 1 is 1.26 bits per heavy atom. The van der Waals surface area contributed by atoms with Gasteiger partial charge in [0.25, 0.3) is 5.91 Å². The molecule has 3 rings (SSSR count). The van der Waals surface area contributed by atoms with Crippen LogP contribution >= 0.6 is 27.3 Å². The van der Waals surface area contributed by atoms with Gasteiger partial charge in [0, 0.05) is 10.0 Å². The van der Waals surface area contributed by atoms with Crippen molar-refractivity contribution in [2.45, 2.75) is 5.60 Å². The summed E-state index contributed by atoms with van der Waals surface area (Å²) in [7, 11) is 0. The van der Waals surface area contributed by atoms with Gasteiger partial charge in [-0.1, -0.05) is 12.1 Å². The monoisotopic (exact) mass is 391 g/mol. The molecule has 1 aromatic carbocycles. The van der Waals surface area contributed by atoms with E-state index in [9.17, 15) is 9.90 Å². The van der Waals surface area contributed by atoms with Crippen LogP contribution in [0.1, 0.15) is 21.7 Å². The fourth-order valence-corrected chi connectivity index (χ4v) is 3.48. The van der Waals surface area contributed by atoms with Gasteiger partial charge in [0.1, 0.15) is 5.76 Å². The fraction of sp³-hybridized carbons (Fsp3) is 0.118. The topological polar surface area (TPSA) is 62.5 Å². The van der Waals surface area contributed by atoms with E-state index in [2.05, 4.69) is 21.2 Å². The van der Waals surface area contributed by atoms with E-state index in [0.717, 1.165) is 0 Å². The van der Waals surface area contributed by atoms with Crippen molar-refractivity contribution in [2.24, 2.45) is 0 Å². The molecule has 0 saturated carbocycles. The SMILES string of the molecule is O=C(NC[C@](O)(c1ccsc1)c1ccco1)c1ccccc1Br. The summed E-state index contributed by atoms with van der Waals surface area (Å²) in [6.45, 7) is 0.0113. The molecule has 0 fully saturated rings. The molecule has 0 spiro atoms. The second-order valence-electron chi connectivity index (χ2n) is 5.01. The molecule has 1 amide bonds. The molecule has 0 aliphatic rings. The van der Waals surface area contributed by atoms with Crippen LogP contribution in [0.15, 0.2) is 68.4 Å². The van der Waals surface area contributed by atoms with Gasteiger partial charge in [-0.25, -0.2) is 0 Å². The van der Waals surface area contributed by atoms with Crippen molar-refractivity contribution >= 4 is 33.2 Å². The molecule has 0 saturated heterocycles. The van der Waals surface area contributed by atoms with Gasteiger partial charge in [0.15, 0.2) is 5.60 Å². The van der Waals surface area contributed by atoms with E-state index < -0.39 is 5.60 Å². The number of nitrogens with one attached hydrogen (secondary N) is 1. The highest BCUT2D eigenvalue weighted by atomic mass is 79.9. The van der Waals surface area contributed by atoms with Gasteiger partial charge < -0.3 is 14.8 Å². The molecular formula is C17H14BrNO3S. The largest absolute Gasteiger partial charge is 0.466 e. The number of carbonyl (C=O) groups excluding carboxylic acids is 1. The van der Waals surface area contributed by atoms with Gasteiger partial charge in [-0.15, -0.1) is 0 Å². The summed E-state index contributed by atoms with van der Waals surface area (Å²) in [4.78, 5) is 12.4. The van der Waals surface area contributed by atoms with Crippen molar-refractivity contribution in [2.75, 3.05) is 6.54 Å². The highest BCUT2D eigenvalue weighted by Gasteiger charge is 2.35. The summed E-state index contributed by atoms with van der Waals surface area (Å²) in [5, 5.41) is 17.6. The number of halogens is 1. The zero-order valence-corrected chi connectivity index (χ0v) is 14.4. The lowest BCUT2D eigenvalue weighted by Gasteiger charge is -2.25. The number of carbonyl (C=O) groups is 1. The first kappa shape index (κ1) is 16.0. The van der Waals surface area contributed by atoms with Crippen LogP contribution in [0, 0.1) is 0 Å². The van der Waals surface area contributed by atoms with Crippen molar-refractivity contribution in [1.82, 2.24) is 5.32 Å². The summed E-state index contributed by atoms with van der Waals surface area (Å²) >= 11 is 4.83. The molecule has 3 aromatic rings. The number of amides is 1. The van der Waals surface area contributed by atoms with Crippen LogP contribution in [0.2, 0.25) is 0 Å². The lowest BCUT2D eigenvalue weighted by molar-refractivity contribution is 0.0528. The Balaban J connectivity index is 1.84. The minimum absolute atomic E-state index is 0.0113. The Morgan fingerprint density at radius 3 is 2.74 bits per heavy atom. The zero-order valence-electron chi connectivity index (χ0n) is 12.0. The number of hydrogen-bond donors (Lipinski definition) is 2. The Labute approximate surface area is 145 Å². The van der Waals surface area contributed by atoms with Gasteiger partial charge in [-0.2, -0.15) is 11.3 Å². The van der Waals surface area contributed by atoms with E-state index in [4.69, 9.17) is 4.42 Å². The smallest absolute Gasteiger partial charge is 0.252 e. The normalized spacial score (nSPS) is 13.5. The number of aliphatic hydroxyl groups is 1. The Bertz CT molecular complexity index is 750. The first-order chi connectivity index (χ1) is 11.1. The van der Waals surface area contributed by atoms with Crippen molar-refractivity contribution in [3.63, 3.8) is 0 Å². The second kappa shape index (κ2) is 6.70. The minimum atomic E-state index is -1.40. The Morgan fingerprint density at radius 2 is 2.09 bits per heavy atom. The standard InChI is InChI=1S/C17H14BrNO3S/c18-14-5-2-1-4-13(14)16(20)19-11-17(21,12-7-9-23-10-12)15-6-3-8-22-15/h1-10,21H,11H2,(H,19,20)/t17-/m0/s1. The highest BCUT2D eigenvalue weighted by molar-refractivity contribution is 9.10. The van der Waals surface area contributed by atoms with Crippen LogP contribution in [0.3, 0.4) is 0 Å². The number of hydrogen-bond acceptors (Lipinski definition) is 4. The van der Waals surface area contributed by atoms with Crippen LogP contribution in [-0.4, -0.2) is 17.6 Å². The fourth-order valence-electron chi connectivity index (χ4n) is 2.29. The molecule has 0 aliphatic carbocycles. The summed E-state index contributed by atoms with van der Waals surface area (Å²) in [6.07, 6.45) is 1.50. The van der Waals surface area contributed by atoms with Crippen molar-refractivity contribution in [3.8, 4) is 0 Å². The van der Waals surface area contributed by atoms with E-state index in [0.29, 0.717) is 21.4 Å². The third-order valence-electron chi connectivity index (χ3n) is 3.55. The molecule has 118 valence electrons. The number of thiophene rings is 1. The first-order valence-corrected chi connectivity index (χ1v) is 8.66. The molecule has 2 heterocycles. The second-order valence-corrected chi connectivity index (χ2v) is 6.65. The first-order valence-electron chi connectivity index (χ1n) is 6.93. The van der Waals surface area contributed by atoms with Gasteiger partial charge in [0.05, 0.1) is 18.4 Å². The van der Waals surface area contributed by atoms with Crippen LogP contribution < -0.4 is 5.32 Å². The molecular weight excluding hydrogens is 378 g/mol. The predicted octanol–water partition coefficient (Wildman–Crippen LogP) is 3.77. The molecule has 0 aliphatic heterocycles. The Hall–Kier alpha value is -1.89. The predicted molar refractivity (Wildman–Crippen MR) is 92.5 cm³/mol. The van der Waals surface area contributed by atoms with Crippen LogP contribution in [0.4, 0.5) is 0 Å². The summed E-state index contributed by atoms with van der Waals surface area (Å²) < 4.78 is 6.08. The highest BCUT2D eigenvalue weighted by Crippen LogP contribution is 2.31. The molecule has 6 heteroatoms. The van der Waals surface area contributed by atoms with E-state index in [1.165, 1.54) is 17.6 Å². The molecule has 0 bridgehead atoms.